The van der Waals surface area contributed by atoms with Gasteiger partial charge in [0, 0.05) is 17.5 Å². The summed E-state index contributed by atoms with van der Waals surface area (Å²) in [4.78, 5) is 12.4. The molecule has 0 unspecified atom stereocenters. The Bertz CT molecular complexity index is 958. The summed E-state index contributed by atoms with van der Waals surface area (Å²) < 4.78 is 16.5. The first-order chi connectivity index (χ1) is 13.0. The number of fused-ring (bicyclic) bond motifs is 1. The fraction of sp³-hybridized carbons (Fsp3) is 0.318. The molecule has 3 aromatic rings. The zero-order chi connectivity index (χ0) is 19.4. The number of benzene rings is 2. The Kier molecular flexibility index (Phi) is 5.69. The summed E-state index contributed by atoms with van der Waals surface area (Å²) in [6, 6.07) is 9.75. The van der Waals surface area contributed by atoms with Crippen LogP contribution in [-0.4, -0.2) is 19.6 Å². The van der Waals surface area contributed by atoms with Crippen LogP contribution in [0.1, 0.15) is 29.2 Å². The Morgan fingerprint density at radius 1 is 1.11 bits per heavy atom. The third-order valence-corrected chi connectivity index (χ3v) is 4.64. The lowest BCUT2D eigenvalue weighted by Crippen LogP contribution is -2.24. The number of rotatable bonds is 7. The Morgan fingerprint density at radius 2 is 1.89 bits per heavy atom. The molecule has 1 heterocycles. The summed E-state index contributed by atoms with van der Waals surface area (Å²) in [5, 5.41) is 3.95. The molecule has 5 nitrogen and oxygen atoms in total. The van der Waals surface area contributed by atoms with Crippen LogP contribution in [0.3, 0.4) is 0 Å². The smallest absolute Gasteiger partial charge is 0.224 e. The van der Waals surface area contributed by atoms with Crippen molar-refractivity contribution in [1.82, 2.24) is 5.32 Å². The number of carbonyl (C=O) groups excluding carboxylic acids is 1. The second-order valence-electron chi connectivity index (χ2n) is 6.57. The van der Waals surface area contributed by atoms with Gasteiger partial charge in [-0.3, -0.25) is 4.79 Å². The minimum atomic E-state index is -0.0521. The molecule has 142 valence electrons. The van der Waals surface area contributed by atoms with Gasteiger partial charge in [0.15, 0.2) is 11.5 Å². The number of furan rings is 1. The maximum absolute atomic E-state index is 12.4. The number of aryl methyl sites for hydroxylation is 2. The van der Waals surface area contributed by atoms with Crippen LogP contribution >= 0.6 is 0 Å². The summed E-state index contributed by atoms with van der Waals surface area (Å²) in [5.41, 5.74) is 5.03. The maximum atomic E-state index is 12.4. The lowest BCUT2D eigenvalue weighted by atomic mass is 10.0. The lowest BCUT2D eigenvalue weighted by molar-refractivity contribution is -0.120. The van der Waals surface area contributed by atoms with Crippen molar-refractivity contribution in [2.45, 2.75) is 33.7 Å². The Hall–Kier alpha value is -2.95. The predicted molar refractivity (Wildman–Crippen MR) is 105 cm³/mol. The molecule has 0 fully saturated rings. The SMILES string of the molecule is CCOc1ccc(CNC(=O)Cc2coc3cc(C)c(C)cc23)cc1OC. The van der Waals surface area contributed by atoms with E-state index in [-0.39, 0.29) is 12.3 Å². The van der Waals surface area contributed by atoms with Gasteiger partial charge in [-0.2, -0.15) is 0 Å². The molecule has 5 heteroatoms. The number of amides is 1. The molecule has 0 spiro atoms. The molecule has 1 N–H and O–H groups in total. The summed E-state index contributed by atoms with van der Waals surface area (Å²) >= 11 is 0. The van der Waals surface area contributed by atoms with Gasteiger partial charge in [0.05, 0.1) is 26.4 Å². The monoisotopic (exact) mass is 367 g/mol. The van der Waals surface area contributed by atoms with E-state index in [4.69, 9.17) is 13.9 Å². The molecule has 1 aromatic heterocycles. The van der Waals surface area contributed by atoms with Crippen LogP contribution in [0.5, 0.6) is 11.5 Å². The van der Waals surface area contributed by atoms with Crippen LogP contribution in [-0.2, 0) is 17.8 Å². The van der Waals surface area contributed by atoms with E-state index in [0.717, 1.165) is 22.1 Å². The molecule has 0 bridgehead atoms. The highest BCUT2D eigenvalue weighted by Gasteiger charge is 2.12. The molecule has 0 radical (unpaired) electrons. The van der Waals surface area contributed by atoms with Crippen molar-refractivity contribution in [1.29, 1.82) is 0 Å². The molecule has 0 aliphatic carbocycles. The largest absolute Gasteiger partial charge is 0.493 e. The first kappa shape index (κ1) is 18.8. The maximum Gasteiger partial charge on any atom is 0.224 e. The van der Waals surface area contributed by atoms with Gasteiger partial charge in [0.25, 0.3) is 0 Å². The standard InChI is InChI=1S/C22H25NO4/c1-5-26-19-7-6-16(10-21(19)25-4)12-23-22(24)11-17-13-27-20-9-15(3)14(2)8-18(17)20/h6-10,13H,5,11-12H2,1-4H3,(H,23,24). The van der Waals surface area contributed by atoms with Crippen LogP contribution in [0.2, 0.25) is 0 Å². The van der Waals surface area contributed by atoms with Crippen molar-refractivity contribution in [2.24, 2.45) is 0 Å². The van der Waals surface area contributed by atoms with Crippen molar-refractivity contribution in [3.8, 4) is 11.5 Å². The van der Waals surface area contributed by atoms with Gasteiger partial charge in [0.1, 0.15) is 5.58 Å². The zero-order valence-corrected chi connectivity index (χ0v) is 16.2. The van der Waals surface area contributed by atoms with Gasteiger partial charge >= 0.3 is 0 Å². The number of carbonyl (C=O) groups is 1. The van der Waals surface area contributed by atoms with E-state index in [1.807, 2.05) is 31.2 Å². The van der Waals surface area contributed by atoms with Gasteiger partial charge in [-0.15, -0.1) is 0 Å². The number of ether oxygens (including phenoxy) is 2. The van der Waals surface area contributed by atoms with Crippen LogP contribution in [0.4, 0.5) is 0 Å². The topological polar surface area (TPSA) is 60.7 Å². The van der Waals surface area contributed by atoms with Crippen molar-refractivity contribution in [3.63, 3.8) is 0 Å². The average Bonchev–Trinajstić information content (AvgIpc) is 3.03. The summed E-state index contributed by atoms with van der Waals surface area (Å²) in [6.45, 7) is 7.04. The van der Waals surface area contributed by atoms with Gasteiger partial charge in [-0.25, -0.2) is 0 Å². The van der Waals surface area contributed by atoms with Crippen LogP contribution in [0, 0.1) is 13.8 Å². The highest BCUT2D eigenvalue weighted by Crippen LogP contribution is 2.28. The number of nitrogens with one attached hydrogen (secondary N) is 1. The molecule has 0 aliphatic rings. The molecule has 2 aromatic carbocycles. The molecule has 0 saturated carbocycles. The number of hydrogen-bond acceptors (Lipinski definition) is 4. The quantitative estimate of drug-likeness (QED) is 0.676. The van der Waals surface area contributed by atoms with E-state index in [0.29, 0.717) is 24.7 Å². The van der Waals surface area contributed by atoms with Gasteiger partial charge in [-0.05, 0) is 61.7 Å². The molecular weight excluding hydrogens is 342 g/mol. The fourth-order valence-corrected chi connectivity index (χ4v) is 3.01. The van der Waals surface area contributed by atoms with E-state index in [1.54, 1.807) is 13.4 Å². The van der Waals surface area contributed by atoms with Gasteiger partial charge in [-0.1, -0.05) is 6.07 Å². The molecule has 3 rings (SSSR count). The first-order valence-electron chi connectivity index (χ1n) is 9.05. The van der Waals surface area contributed by atoms with Crippen LogP contribution in [0.25, 0.3) is 11.0 Å². The fourth-order valence-electron chi connectivity index (χ4n) is 3.01. The van der Waals surface area contributed by atoms with E-state index >= 15 is 0 Å². The normalized spacial score (nSPS) is 10.8. The van der Waals surface area contributed by atoms with E-state index < -0.39 is 0 Å². The highest BCUT2D eigenvalue weighted by atomic mass is 16.5. The van der Waals surface area contributed by atoms with E-state index in [1.165, 1.54) is 11.1 Å². The Morgan fingerprint density at radius 3 is 2.63 bits per heavy atom. The molecule has 0 atom stereocenters. The summed E-state index contributed by atoms with van der Waals surface area (Å²) in [6.07, 6.45) is 1.95. The van der Waals surface area contributed by atoms with Crippen LogP contribution < -0.4 is 14.8 Å². The molecule has 27 heavy (non-hydrogen) atoms. The van der Waals surface area contributed by atoms with Gasteiger partial charge < -0.3 is 19.2 Å². The lowest BCUT2D eigenvalue weighted by Gasteiger charge is -2.11. The molecule has 1 amide bonds. The van der Waals surface area contributed by atoms with Crippen molar-refractivity contribution < 1.29 is 18.7 Å². The van der Waals surface area contributed by atoms with Crippen molar-refractivity contribution in [3.05, 3.63) is 58.8 Å². The second-order valence-corrected chi connectivity index (χ2v) is 6.57. The summed E-state index contributed by atoms with van der Waals surface area (Å²) in [7, 11) is 1.61. The predicted octanol–water partition coefficient (Wildman–Crippen LogP) is 4.32. The minimum Gasteiger partial charge on any atom is -0.493 e. The Labute approximate surface area is 159 Å². The number of methoxy groups -OCH3 is 1. The molecule has 0 saturated heterocycles. The van der Waals surface area contributed by atoms with Gasteiger partial charge in [0.2, 0.25) is 5.91 Å². The minimum absolute atomic E-state index is 0.0521. The van der Waals surface area contributed by atoms with E-state index in [9.17, 15) is 4.79 Å². The third-order valence-electron chi connectivity index (χ3n) is 4.64. The van der Waals surface area contributed by atoms with E-state index in [2.05, 4.69) is 25.2 Å². The first-order valence-corrected chi connectivity index (χ1v) is 9.05. The Balaban J connectivity index is 1.66. The summed E-state index contributed by atoms with van der Waals surface area (Å²) in [5.74, 6) is 1.31. The average molecular weight is 367 g/mol. The second kappa shape index (κ2) is 8.16. The van der Waals surface area contributed by atoms with Crippen molar-refractivity contribution >= 4 is 16.9 Å². The molecular formula is C22H25NO4. The highest BCUT2D eigenvalue weighted by molar-refractivity contribution is 5.88. The zero-order valence-electron chi connectivity index (χ0n) is 16.2. The number of hydrogen-bond donors (Lipinski definition) is 1. The third kappa shape index (κ3) is 4.25. The van der Waals surface area contributed by atoms with Crippen molar-refractivity contribution in [2.75, 3.05) is 13.7 Å². The van der Waals surface area contributed by atoms with Crippen LogP contribution in [0.15, 0.2) is 41.0 Å². The molecule has 0 aliphatic heterocycles.